The summed E-state index contributed by atoms with van der Waals surface area (Å²) in [4.78, 5) is 16.3. The smallest absolute Gasteiger partial charge is 0.251 e. The van der Waals surface area contributed by atoms with Crippen LogP contribution in [0, 0.1) is 6.92 Å². The van der Waals surface area contributed by atoms with E-state index in [1.165, 1.54) is 0 Å². The van der Waals surface area contributed by atoms with Gasteiger partial charge in [0.2, 0.25) is 0 Å². The highest BCUT2D eigenvalue weighted by Gasteiger charge is 2.13. The maximum absolute atomic E-state index is 11.9. The Kier molecular flexibility index (Phi) is 3.54. The van der Waals surface area contributed by atoms with E-state index < -0.39 is 0 Å². The quantitative estimate of drug-likeness (QED) is 0.904. The molecule has 3 nitrogen and oxygen atoms in total. The van der Waals surface area contributed by atoms with E-state index >= 15 is 0 Å². The molecule has 1 heterocycles. The molecule has 88 valence electrons. The van der Waals surface area contributed by atoms with Gasteiger partial charge in [-0.25, -0.2) is 4.98 Å². The lowest BCUT2D eigenvalue weighted by molar-refractivity contribution is 0.0940. The highest BCUT2D eigenvalue weighted by atomic mass is 32.1. The first-order chi connectivity index (χ1) is 8.16. The fraction of sp³-hybridized carbons (Fsp3) is 0.231. The molecule has 0 bridgehead atoms. The molecule has 1 unspecified atom stereocenters. The number of rotatable bonds is 3. The van der Waals surface area contributed by atoms with Crippen molar-refractivity contribution in [1.82, 2.24) is 10.3 Å². The molecule has 1 aromatic heterocycles. The van der Waals surface area contributed by atoms with Crippen molar-refractivity contribution in [3.8, 4) is 0 Å². The number of thiazole rings is 1. The van der Waals surface area contributed by atoms with Crippen molar-refractivity contribution in [3.05, 3.63) is 52.0 Å². The van der Waals surface area contributed by atoms with Crippen LogP contribution in [-0.2, 0) is 0 Å². The normalized spacial score (nSPS) is 12.1. The van der Waals surface area contributed by atoms with Gasteiger partial charge in [0.05, 0.1) is 6.04 Å². The number of aryl methyl sites for hydroxylation is 1. The van der Waals surface area contributed by atoms with E-state index in [0.717, 1.165) is 10.7 Å². The Bertz CT molecular complexity index is 507. The summed E-state index contributed by atoms with van der Waals surface area (Å²) in [7, 11) is 0. The van der Waals surface area contributed by atoms with Crippen LogP contribution in [0.3, 0.4) is 0 Å². The van der Waals surface area contributed by atoms with Crippen LogP contribution in [0.1, 0.15) is 34.0 Å². The predicted molar refractivity (Wildman–Crippen MR) is 69.2 cm³/mol. The summed E-state index contributed by atoms with van der Waals surface area (Å²) in [6, 6.07) is 9.15. The van der Waals surface area contributed by atoms with E-state index in [9.17, 15) is 4.79 Å². The SMILES string of the molecule is Cc1csc(C(C)NC(=O)c2ccccc2)n1. The van der Waals surface area contributed by atoms with Gasteiger partial charge < -0.3 is 5.32 Å². The van der Waals surface area contributed by atoms with Gasteiger partial charge in [-0.3, -0.25) is 4.79 Å². The summed E-state index contributed by atoms with van der Waals surface area (Å²) in [5, 5.41) is 5.86. The number of carbonyl (C=O) groups excluding carboxylic acids is 1. The molecule has 0 saturated heterocycles. The first-order valence-electron chi connectivity index (χ1n) is 5.45. The Hall–Kier alpha value is -1.68. The number of aromatic nitrogens is 1. The average Bonchev–Trinajstić information content (AvgIpc) is 2.77. The summed E-state index contributed by atoms with van der Waals surface area (Å²) in [5.41, 5.74) is 1.67. The van der Waals surface area contributed by atoms with E-state index in [1.54, 1.807) is 23.5 Å². The van der Waals surface area contributed by atoms with Gasteiger partial charge in [0, 0.05) is 16.6 Å². The van der Waals surface area contributed by atoms with Gasteiger partial charge >= 0.3 is 0 Å². The van der Waals surface area contributed by atoms with Crippen LogP contribution in [0.2, 0.25) is 0 Å². The van der Waals surface area contributed by atoms with Gasteiger partial charge in [0.15, 0.2) is 0 Å². The molecule has 0 spiro atoms. The summed E-state index contributed by atoms with van der Waals surface area (Å²) < 4.78 is 0. The lowest BCUT2D eigenvalue weighted by Crippen LogP contribution is -2.26. The fourth-order valence-corrected chi connectivity index (χ4v) is 2.31. The van der Waals surface area contributed by atoms with Crippen molar-refractivity contribution >= 4 is 17.2 Å². The molecule has 1 atom stereocenters. The van der Waals surface area contributed by atoms with Crippen LogP contribution < -0.4 is 5.32 Å². The van der Waals surface area contributed by atoms with Crippen molar-refractivity contribution in [2.75, 3.05) is 0 Å². The van der Waals surface area contributed by atoms with Crippen molar-refractivity contribution in [3.63, 3.8) is 0 Å². The number of hydrogen-bond acceptors (Lipinski definition) is 3. The largest absolute Gasteiger partial charge is 0.343 e. The zero-order chi connectivity index (χ0) is 12.3. The minimum absolute atomic E-state index is 0.0543. The monoisotopic (exact) mass is 246 g/mol. The third-order valence-corrected chi connectivity index (χ3v) is 3.54. The number of carbonyl (C=O) groups is 1. The third-order valence-electron chi connectivity index (χ3n) is 2.39. The summed E-state index contributed by atoms with van der Waals surface area (Å²) in [5.74, 6) is -0.0639. The molecule has 0 fully saturated rings. The van der Waals surface area contributed by atoms with E-state index in [1.807, 2.05) is 37.4 Å². The molecule has 1 aromatic carbocycles. The van der Waals surface area contributed by atoms with Crippen LogP contribution >= 0.6 is 11.3 Å². The van der Waals surface area contributed by atoms with Gasteiger partial charge in [-0.2, -0.15) is 0 Å². The van der Waals surface area contributed by atoms with E-state index in [2.05, 4.69) is 10.3 Å². The lowest BCUT2D eigenvalue weighted by atomic mass is 10.2. The highest BCUT2D eigenvalue weighted by Crippen LogP contribution is 2.17. The molecule has 2 rings (SSSR count). The number of nitrogens with zero attached hydrogens (tertiary/aromatic N) is 1. The number of amides is 1. The van der Waals surface area contributed by atoms with Crippen LogP contribution in [0.25, 0.3) is 0 Å². The van der Waals surface area contributed by atoms with Crippen molar-refractivity contribution < 1.29 is 4.79 Å². The molecule has 4 heteroatoms. The Morgan fingerprint density at radius 2 is 2.06 bits per heavy atom. The van der Waals surface area contributed by atoms with E-state index in [4.69, 9.17) is 0 Å². The van der Waals surface area contributed by atoms with Gasteiger partial charge in [-0.15, -0.1) is 11.3 Å². The molecule has 0 aliphatic carbocycles. The summed E-state index contributed by atoms with van der Waals surface area (Å²) >= 11 is 1.57. The second-order valence-corrected chi connectivity index (χ2v) is 4.78. The van der Waals surface area contributed by atoms with Crippen LogP contribution in [-0.4, -0.2) is 10.9 Å². The summed E-state index contributed by atoms with van der Waals surface area (Å²) in [6.07, 6.45) is 0. The molecular formula is C13H14N2OS. The molecular weight excluding hydrogens is 232 g/mol. The minimum Gasteiger partial charge on any atom is -0.343 e. The van der Waals surface area contributed by atoms with Crippen molar-refractivity contribution in [2.45, 2.75) is 19.9 Å². The second kappa shape index (κ2) is 5.10. The minimum atomic E-state index is -0.0639. The number of hydrogen-bond donors (Lipinski definition) is 1. The Balaban J connectivity index is 2.04. The Labute approximate surface area is 105 Å². The molecule has 0 radical (unpaired) electrons. The lowest BCUT2D eigenvalue weighted by Gasteiger charge is -2.11. The third kappa shape index (κ3) is 2.91. The molecule has 2 aromatic rings. The average molecular weight is 246 g/mol. The van der Waals surface area contributed by atoms with E-state index in [-0.39, 0.29) is 11.9 Å². The second-order valence-electron chi connectivity index (χ2n) is 3.89. The van der Waals surface area contributed by atoms with Gasteiger partial charge in [-0.05, 0) is 26.0 Å². The van der Waals surface area contributed by atoms with Crippen LogP contribution in [0.4, 0.5) is 0 Å². The molecule has 0 aliphatic rings. The molecule has 0 aliphatic heterocycles. The molecule has 1 N–H and O–H groups in total. The van der Waals surface area contributed by atoms with Gasteiger partial charge in [0.1, 0.15) is 5.01 Å². The maximum atomic E-state index is 11.9. The maximum Gasteiger partial charge on any atom is 0.251 e. The number of nitrogens with one attached hydrogen (secondary N) is 1. The van der Waals surface area contributed by atoms with Crippen LogP contribution in [0.15, 0.2) is 35.7 Å². The first-order valence-corrected chi connectivity index (χ1v) is 6.32. The van der Waals surface area contributed by atoms with E-state index in [0.29, 0.717) is 5.56 Å². The Morgan fingerprint density at radius 3 is 2.65 bits per heavy atom. The standard InChI is InChI=1S/C13H14N2OS/c1-9-8-17-13(14-9)10(2)15-12(16)11-6-4-3-5-7-11/h3-8,10H,1-2H3,(H,15,16). The fourth-order valence-electron chi connectivity index (χ4n) is 1.50. The summed E-state index contributed by atoms with van der Waals surface area (Å²) in [6.45, 7) is 3.89. The molecule has 17 heavy (non-hydrogen) atoms. The zero-order valence-corrected chi connectivity index (χ0v) is 10.6. The Morgan fingerprint density at radius 1 is 1.35 bits per heavy atom. The van der Waals surface area contributed by atoms with Gasteiger partial charge in [-0.1, -0.05) is 18.2 Å². The molecule has 0 saturated carbocycles. The zero-order valence-electron chi connectivity index (χ0n) is 9.81. The van der Waals surface area contributed by atoms with Crippen molar-refractivity contribution in [2.24, 2.45) is 0 Å². The predicted octanol–water partition coefficient (Wildman–Crippen LogP) is 2.94. The molecule has 1 amide bonds. The number of benzene rings is 1. The first kappa shape index (κ1) is 11.8. The van der Waals surface area contributed by atoms with Crippen LogP contribution in [0.5, 0.6) is 0 Å². The van der Waals surface area contributed by atoms with Gasteiger partial charge in [0.25, 0.3) is 5.91 Å². The topological polar surface area (TPSA) is 42.0 Å². The van der Waals surface area contributed by atoms with Crippen molar-refractivity contribution in [1.29, 1.82) is 0 Å². The highest BCUT2D eigenvalue weighted by molar-refractivity contribution is 7.09.